The first-order valence-corrected chi connectivity index (χ1v) is 6.83. The minimum atomic E-state index is -0.631. The van der Waals surface area contributed by atoms with Crippen LogP contribution >= 0.6 is 0 Å². The minimum absolute atomic E-state index is 0.105. The average Bonchev–Trinajstić information content (AvgIpc) is 2.44. The van der Waals surface area contributed by atoms with Crippen molar-refractivity contribution in [1.82, 2.24) is 10.2 Å². The van der Waals surface area contributed by atoms with E-state index < -0.39 is 5.60 Å². The van der Waals surface area contributed by atoms with Crippen LogP contribution in [0, 0.1) is 0 Å². The van der Waals surface area contributed by atoms with E-state index in [1.807, 2.05) is 18.7 Å². The Hall–Kier alpha value is -0.650. The Morgan fingerprint density at radius 3 is 2.50 bits per heavy atom. The SMILES string of the molecule is CCOCCN(CC)C(=O)C1(OC)CCNCC1. The van der Waals surface area contributed by atoms with Crippen molar-refractivity contribution < 1.29 is 14.3 Å². The fourth-order valence-electron chi connectivity index (χ4n) is 2.35. The molecule has 1 aliphatic rings. The Labute approximate surface area is 110 Å². The molecule has 0 unspecified atom stereocenters. The number of carbonyl (C=O) groups excluding carboxylic acids is 1. The number of amides is 1. The molecule has 0 aromatic rings. The molecule has 0 saturated carbocycles. The van der Waals surface area contributed by atoms with Crippen molar-refractivity contribution in [3.05, 3.63) is 0 Å². The molecular formula is C13H26N2O3. The van der Waals surface area contributed by atoms with Crippen LogP contribution in [0.2, 0.25) is 0 Å². The number of hydrogen-bond acceptors (Lipinski definition) is 4. The van der Waals surface area contributed by atoms with E-state index in [0.29, 0.717) is 26.3 Å². The molecule has 1 fully saturated rings. The second kappa shape index (κ2) is 7.71. The van der Waals surface area contributed by atoms with E-state index in [9.17, 15) is 4.79 Å². The minimum Gasteiger partial charge on any atom is -0.380 e. The Morgan fingerprint density at radius 1 is 1.33 bits per heavy atom. The van der Waals surface area contributed by atoms with E-state index in [1.165, 1.54) is 0 Å². The van der Waals surface area contributed by atoms with E-state index in [0.717, 1.165) is 25.9 Å². The molecule has 1 amide bonds. The molecule has 1 saturated heterocycles. The molecule has 0 aromatic carbocycles. The lowest BCUT2D eigenvalue weighted by Crippen LogP contribution is -2.55. The van der Waals surface area contributed by atoms with Crippen molar-refractivity contribution in [3.8, 4) is 0 Å². The summed E-state index contributed by atoms with van der Waals surface area (Å²) in [4.78, 5) is 14.4. The number of nitrogens with zero attached hydrogens (tertiary/aromatic N) is 1. The zero-order valence-corrected chi connectivity index (χ0v) is 11.8. The first-order valence-electron chi connectivity index (χ1n) is 6.83. The molecule has 1 aliphatic heterocycles. The van der Waals surface area contributed by atoms with Gasteiger partial charge >= 0.3 is 0 Å². The lowest BCUT2D eigenvalue weighted by molar-refractivity contribution is -0.158. The molecule has 1 rings (SSSR count). The Kier molecular flexibility index (Phi) is 6.60. The number of nitrogens with one attached hydrogen (secondary N) is 1. The lowest BCUT2D eigenvalue weighted by Gasteiger charge is -2.38. The fraction of sp³-hybridized carbons (Fsp3) is 0.923. The van der Waals surface area contributed by atoms with Crippen molar-refractivity contribution in [1.29, 1.82) is 0 Å². The highest BCUT2D eigenvalue weighted by atomic mass is 16.5. The summed E-state index contributed by atoms with van der Waals surface area (Å²) in [7, 11) is 1.64. The number of hydrogen-bond donors (Lipinski definition) is 1. The van der Waals surface area contributed by atoms with E-state index in [-0.39, 0.29) is 5.91 Å². The van der Waals surface area contributed by atoms with Gasteiger partial charge in [-0.25, -0.2) is 0 Å². The maximum atomic E-state index is 12.6. The Balaban J connectivity index is 2.61. The van der Waals surface area contributed by atoms with Gasteiger partial charge in [0.05, 0.1) is 6.61 Å². The molecule has 0 spiro atoms. The van der Waals surface area contributed by atoms with Gasteiger partial charge < -0.3 is 19.7 Å². The molecule has 0 aliphatic carbocycles. The van der Waals surface area contributed by atoms with Gasteiger partial charge in [0.25, 0.3) is 5.91 Å². The van der Waals surface area contributed by atoms with Gasteiger partial charge in [0, 0.05) is 26.8 Å². The normalized spacial score (nSPS) is 18.6. The van der Waals surface area contributed by atoms with E-state index in [4.69, 9.17) is 9.47 Å². The first-order chi connectivity index (χ1) is 8.70. The van der Waals surface area contributed by atoms with Crippen LogP contribution in [-0.2, 0) is 14.3 Å². The third kappa shape index (κ3) is 3.67. The van der Waals surface area contributed by atoms with Crippen LogP contribution in [0.15, 0.2) is 0 Å². The molecule has 5 nitrogen and oxygen atoms in total. The fourth-order valence-corrected chi connectivity index (χ4v) is 2.35. The van der Waals surface area contributed by atoms with Gasteiger partial charge in [0.15, 0.2) is 0 Å². The summed E-state index contributed by atoms with van der Waals surface area (Å²) in [6.45, 7) is 8.24. The zero-order valence-electron chi connectivity index (χ0n) is 11.8. The monoisotopic (exact) mass is 258 g/mol. The Morgan fingerprint density at radius 2 is 2.00 bits per heavy atom. The molecule has 18 heavy (non-hydrogen) atoms. The maximum absolute atomic E-state index is 12.6. The summed E-state index contributed by atoms with van der Waals surface area (Å²) in [5, 5.41) is 3.26. The predicted molar refractivity (Wildman–Crippen MR) is 70.6 cm³/mol. The van der Waals surface area contributed by atoms with Gasteiger partial charge in [0.1, 0.15) is 5.60 Å². The quantitative estimate of drug-likeness (QED) is 0.681. The topological polar surface area (TPSA) is 50.8 Å². The zero-order chi connectivity index (χ0) is 13.4. The largest absolute Gasteiger partial charge is 0.380 e. The van der Waals surface area contributed by atoms with E-state index >= 15 is 0 Å². The molecule has 0 aromatic heterocycles. The molecule has 0 atom stereocenters. The third-order valence-electron chi connectivity index (χ3n) is 3.57. The molecular weight excluding hydrogens is 232 g/mol. The second-order valence-corrected chi connectivity index (χ2v) is 4.53. The number of ether oxygens (including phenoxy) is 2. The van der Waals surface area contributed by atoms with Crippen LogP contribution in [0.1, 0.15) is 26.7 Å². The highest BCUT2D eigenvalue weighted by Gasteiger charge is 2.41. The lowest BCUT2D eigenvalue weighted by atomic mass is 9.90. The van der Waals surface area contributed by atoms with Crippen LogP contribution < -0.4 is 5.32 Å². The standard InChI is InChI=1S/C13H26N2O3/c1-4-15(10-11-18-5-2)12(16)13(17-3)6-8-14-9-7-13/h14H,4-11H2,1-3H3. The van der Waals surface area contributed by atoms with Gasteiger partial charge in [-0.2, -0.15) is 0 Å². The van der Waals surface area contributed by atoms with Crippen molar-refractivity contribution in [2.45, 2.75) is 32.3 Å². The van der Waals surface area contributed by atoms with Crippen LogP contribution in [0.5, 0.6) is 0 Å². The maximum Gasteiger partial charge on any atom is 0.254 e. The van der Waals surface area contributed by atoms with Gasteiger partial charge in [-0.3, -0.25) is 4.79 Å². The molecule has 5 heteroatoms. The highest BCUT2D eigenvalue weighted by Crippen LogP contribution is 2.25. The number of piperidine rings is 1. The van der Waals surface area contributed by atoms with Gasteiger partial charge in [-0.1, -0.05) is 0 Å². The van der Waals surface area contributed by atoms with Gasteiger partial charge in [0.2, 0.25) is 0 Å². The summed E-state index contributed by atoms with van der Waals surface area (Å²) >= 11 is 0. The summed E-state index contributed by atoms with van der Waals surface area (Å²) in [5.74, 6) is 0.105. The van der Waals surface area contributed by atoms with Crippen molar-refractivity contribution in [2.24, 2.45) is 0 Å². The van der Waals surface area contributed by atoms with Crippen LogP contribution in [0.25, 0.3) is 0 Å². The summed E-state index contributed by atoms with van der Waals surface area (Å²) in [5.41, 5.74) is -0.631. The first kappa shape index (κ1) is 15.4. The molecule has 1 N–H and O–H groups in total. The molecule has 0 bridgehead atoms. The number of methoxy groups -OCH3 is 1. The Bertz CT molecular complexity index is 253. The van der Waals surface area contributed by atoms with Gasteiger partial charge in [-0.05, 0) is 39.8 Å². The van der Waals surface area contributed by atoms with Crippen molar-refractivity contribution >= 4 is 5.91 Å². The van der Waals surface area contributed by atoms with Crippen LogP contribution in [-0.4, -0.2) is 62.9 Å². The molecule has 0 radical (unpaired) electrons. The van der Waals surface area contributed by atoms with E-state index in [2.05, 4.69) is 5.32 Å². The number of likely N-dealkylation sites (N-methyl/N-ethyl adjacent to an activating group) is 1. The number of rotatable bonds is 7. The van der Waals surface area contributed by atoms with Crippen molar-refractivity contribution in [3.63, 3.8) is 0 Å². The van der Waals surface area contributed by atoms with Crippen LogP contribution in [0.3, 0.4) is 0 Å². The average molecular weight is 258 g/mol. The summed E-state index contributed by atoms with van der Waals surface area (Å²) in [6.07, 6.45) is 1.49. The van der Waals surface area contributed by atoms with Crippen molar-refractivity contribution in [2.75, 3.05) is 46.5 Å². The van der Waals surface area contributed by atoms with Gasteiger partial charge in [-0.15, -0.1) is 0 Å². The molecule has 1 heterocycles. The second-order valence-electron chi connectivity index (χ2n) is 4.53. The smallest absolute Gasteiger partial charge is 0.254 e. The van der Waals surface area contributed by atoms with E-state index in [1.54, 1.807) is 7.11 Å². The summed E-state index contributed by atoms with van der Waals surface area (Å²) in [6, 6.07) is 0. The predicted octanol–water partition coefficient (Wildman–Crippen LogP) is 0.640. The third-order valence-corrected chi connectivity index (χ3v) is 3.57. The highest BCUT2D eigenvalue weighted by molar-refractivity contribution is 5.85. The summed E-state index contributed by atoms with van der Waals surface area (Å²) < 4.78 is 10.9. The number of carbonyl (C=O) groups is 1. The van der Waals surface area contributed by atoms with Crippen LogP contribution in [0.4, 0.5) is 0 Å². The molecule has 106 valence electrons.